The molecule has 0 aliphatic carbocycles. The van der Waals surface area contributed by atoms with Crippen LogP contribution < -0.4 is 0 Å². The van der Waals surface area contributed by atoms with E-state index in [1.54, 1.807) is 0 Å². The molecule has 1 aromatic carbocycles. The van der Waals surface area contributed by atoms with E-state index in [4.69, 9.17) is 0 Å². The molecule has 1 nitrogen and oxygen atoms in total. The molecule has 1 atom stereocenters. The SMILES string of the molecule is Cc1cc(Br)cc(C)c1CN1CCCCC1C. The number of rotatable bonds is 2. The summed E-state index contributed by atoms with van der Waals surface area (Å²) in [6.45, 7) is 9.19. The number of hydrogen-bond acceptors (Lipinski definition) is 1. The summed E-state index contributed by atoms with van der Waals surface area (Å²) in [5, 5.41) is 0. The van der Waals surface area contributed by atoms with Crippen LogP contribution >= 0.6 is 15.9 Å². The standard InChI is InChI=1S/C15H22BrN/c1-11-8-14(16)9-12(2)15(11)10-17-7-5-4-6-13(17)3/h8-9,13H,4-7,10H2,1-3H3. The molecule has 1 heterocycles. The first-order chi connectivity index (χ1) is 8.08. The van der Waals surface area contributed by atoms with Crippen LogP contribution in [0, 0.1) is 13.8 Å². The topological polar surface area (TPSA) is 3.24 Å². The summed E-state index contributed by atoms with van der Waals surface area (Å²) in [4.78, 5) is 2.63. The largest absolute Gasteiger partial charge is 0.296 e. The maximum atomic E-state index is 3.57. The van der Waals surface area contributed by atoms with Gasteiger partial charge in [-0.25, -0.2) is 0 Å². The summed E-state index contributed by atoms with van der Waals surface area (Å²) in [5.41, 5.74) is 4.34. The van der Waals surface area contributed by atoms with Gasteiger partial charge >= 0.3 is 0 Å². The monoisotopic (exact) mass is 295 g/mol. The lowest BCUT2D eigenvalue weighted by atomic mass is 9.99. The molecule has 17 heavy (non-hydrogen) atoms. The Morgan fingerprint density at radius 2 is 1.88 bits per heavy atom. The molecule has 0 radical (unpaired) electrons. The minimum absolute atomic E-state index is 0.742. The Labute approximate surface area is 113 Å². The fraction of sp³-hybridized carbons (Fsp3) is 0.600. The third-order valence-electron chi connectivity index (χ3n) is 3.96. The lowest BCUT2D eigenvalue weighted by Crippen LogP contribution is -2.37. The Kier molecular flexibility index (Phi) is 4.26. The second-order valence-corrected chi connectivity index (χ2v) is 6.25. The molecular weight excluding hydrogens is 274 g/mol. The summed E-state index contributed by atoms with van der Waals surface area (Å²) in [6, 6.07) is 5.21. The van der Waals surface area contributed by atoms with E-state index in [2.05, 4.69) is 53.7 Å². The summed E-state index contributed by atoms with van der Waals surface area (Å²) in [5.74, 6) is 0. The maximum Gasteiger partial charge on any atom is 0.0241 e. The normalized spacial score (nSPS) is 21.8. The summed E-state index contributed by atoms with van der Waals surface area (Å²) < 4.78 is 1.20. The molecule has 0 saturated carbocycles. The van der Waals surface area contributed by atoms with Crippen LogP contribution in [0.15, 0.2) is 16.6 Å². The fourth-order valence-corrected chi connectivity index (χ4v) is 3.47. The molecule has 1 saturated heterocycles. The molecule has 1 aliphatic rings. The number of benzene rings is 1. The Morgan fingerprint density at radius 1 is 1.24 bits per heavy atom. The van der Waals surface area contributed by atoms with Crippen molar-refractivity contribution in [2.24, 2.45) is 0 Å². The van der Waals surface area contributed by atoms with Gasteiger partial charge in [-0.1, -0.05) is 22.4 Å². The zero-order chi connectivity index (χ0) is 12.4. The molecule has 0 N–H and O–H groups in total. The highest BCUT2D eigenvalue weighted by atomic mass is 79.9. The quantitative estimate of drug-likeness (QED) is 0.780. The number of halogens is 1. The van der Waals surface area contributed by atoms with Crippen molar-refractivity contribution in [3.8, 4) is 0 Å². The Bertz CT molecular complexity index is 377. The van der Waals surface area contributed by atoms with Gasteiger partial charge in [-0.15, -0.1) is 0 Å². The van der Waals surface area contributed by atoms with Crippen LogP contribution in [0.4, 0.5) is 0 Å². The fourth-order valence-electron chi connectivity index (χ4n) is 2.79. The highest BCUT2D eigenvalue weighted by Crippen LogP contribution is 2.25. The van der Waals surface area contributed by atoms with Crippen LogP contribution in [0.1, 0.15) is 42.9 Å². The minimum atomic E-state index is 0.742. The van der Waals surface area contributed by atoms with Crippen LogP contribution in [0.3, 0.4) is 0 Å². The molecular formula is C15H22BrN. The van der Waals surface area contributed by atoms with Gasteiger partial charge in [-0.3, -0.25) is 4.90 Å². The molecule has 1 unspecified atom stereocenters. The Balaban J connectivity index is 2.17. The van der Waals surface area contributed by atoms with Crippen LogP contribution in [0.5, 0.6) is 0 Å². The number of nitrogens with zero attached hydrogens (tertiary/aromatic N) is 1. The van der Waals surface area contributed by atoms with Gasteiger partial charge in [0.1, 0.15) is 0 Å². The van der Waals surface area contributed by atoms with E-state index in [-0.39, 0.29) is 0 Å². The first-order valence-corrected chi connectivity index (χ1v) is 7.37. The minimum Gasteiger partial charge on any atom is -0.296 e. The number of aryl methyl sites for hydroxylation is 2. The summed E-state index contributed by atoms with van der Waals surface area (Å²) in [6.07, 6.45) is 4.11. The molecule has 0 spiro atoms. The average Bonchev–Trinajstić information content (AvgIpc) is 2.25. The Hall–Kier alpha value is -0.340. The van der Waals surface area contributed by atoms with Crippen molar-refractivity contribution >= 4 is 15.9 Å². The maximum absolute atomic E-state index is 3.57. The molecule has 0 aromatic heterocycles. The molecule has 2 heteroatoms. The number of likely N-dealkylation sites (tertiary alicyclic amines) is 1. The predicted octanol–water partition coefficient (Wildman–Crippen LogP) is 4.44. The van der Waals surface area contributed by atoms with E-state index < -0.39 is 0 Å². The van der Waals surface area contributed by atoms with Crippen LogP contribution in [0.2, 0.25) is 0 Å². The van der Waals surface area contributed by atoms with E-state index in [9.17, 15) is 0 Å². The molecule has 0 bridgehead atoms. The second-order valence-electron chi connectivity index (χ2n) is 5.33. The van der Waals surface area contributed by atoms with Crippen molar-refractivity contribution in [2.45, 2.75) is 52.6 Å². The lowest BCUT2D eigenvalue weighted by Gasteiger charge is -2.34. The predicted molar refractivity (Wildman–Crippen MR) is 77.3 cm³/mol. The zero-order valence-electron chi connectivity index (χ0n) is 11.1. The molecule has 94 valence electrons. The van der Waals surface area contributed by atoms with Gasteiger partial charge in [0.05, 0.1) is 0 Å². The van der Waals surface area contributed by atoms with Gasteiger partial charge in [-0.2, -0.15) is 0 Å². The summed E-state index contributed by atoms with van der Waals surface area (Å²) >= 11 is 3.57. The molecule has 0 amide bonds. The first-order valence-electron chi connectivity index (χ1n) is 6.57. The van der Waals surface area contributed by atoms with Crippen molar-refractivity contribution in [2.75, 3.05) is 6.54 Å². The van der Waals surface area contributed by atoms with Crippen molar-refractivity contribution in [3.05, 3.63) is 33.3 Å². The summed E-state index contributed by atoms with van der Waals surface area (Å²) in [7, 11) is 0. The lowest BCUT2D eigenvalue weighted by molar-refractivity contribution is 0.152. The van der Waals surface area contributed by atoms with Crippen LogP contribution in [0.25, 0.3) is 0 Å². The first kappa shape index (κ1) is 13.1. The smallest absolute Gasteiger partial charge is 0.0241 e. The van der Waals surface area contributed by atoms with E-state index >= 15 is 0 Å². The zero-order valence-corrected chi connectivity index (χ0v) is 12.7. The van der Waals surface area contributed by atoms with Crippen LogP contribution in [-0.4, -0.2) is 17.5 Å². The number of piperidine rings is 1. The van der Waals surface area contributed by atoms with E-state index in [1.807, 2.05) is 0 Å². The second kappa shape index (κ2) is 5.53. The molecule has 1 aromatic rings. The van der Waals surface area contributed by atoms with Crippen molar-refractivity contribution in [1.82, 2.24) is 4.90 Å². The highest BCUT2D eigenvalue weighted by molar-refractivity contribution is 9.10. The average molecular weight is 296 g/mol. The van der Waals surface area contributed by atoms with E-state index in [1.165, 1.54) is 47.0 Å². The Morgan fingerprint density at radius 3 is 2.47 bits per heavy atom. The van der Waals surface area contributed by atoms with E-state index in [0.717, 1.165) is 12.6 Å². The number of hydrogen-bond donors (Lipinski definition) is 0. The van der Waals surface area contributed by atoms with Crippen molar-refractivity contribution in [3.63, 3.8) is 0 Å². The third-order valence-corrected chi connectivity index (χ3v) is 4.42. The van der Waals surface area contributed by atoms with E-state index in [0.29, 0.717) is 0 Å². The van der Waals surface area contributed by atoms with Gasteiger partial charge in [-0.05, 0) is 69.0 Å². The third kappa shape index (κ3) is 3.11. The van der Waals surface area contributed by atoms with Gasteiger partial charge in [0.25, 0.3) is 0 Å². The van der Waals surface area contributed by atoms with Gasteiger partial charge in [0.15, 0.2) is 0 Å². The molecule has 2 rings (SSSR count). The highest BCUT2D eigenvalue weighted by Gasteiger charge is 2.19. The van der Waals surface area contributed by atoms with Gasteiger partial charge < -0.3 is 0 Å². The van der Waals surface area contributed by atoms with Gasteiger partial charge in [0.2, 0.25) is 0 Å². The van der Waals surface area contributed by atoms with Gasteiger partial charge in [0, 0.05) is 17.1 Å². The molecule has 1 fully saturated rings. The molecule has 1 aliphatic heterocycles. The van der Waals surface area contributed by atoms with Crippen molar-refractivity contribution in [1.29, 1.82) is 0 Å². The van der Waals surface area contributed by atoms with Crippen LogP contribution in [-0.2, 0) is 6.54 Å². The van der Waals surface area contributed by atoms with Crippen molar-refractivity contribution < 1.29 is 0 Å².